The molecule has 2 nitrogen and oxygen atoms in total. The molecule has 1 rings (SSSR count). The summed E-state index contributed by atoms with van der Waals surface area (Å²) in [6.07, 6.45) is -2.45. The fourth-order valence-electron chi connectivity index (χ4n) is 0.850. The van der Waals surface area contributed by atoms with E-state index < -0.39 is 13.0 Å². The van der Waals surface area contributed by atoms with Crippen LogP contribution in [0.15, 0.2) is 24.3 Å². The van der Waals surface area contributed by atoms with Crippen LogP contribution in [0.1, 0.15) is 0 Å². The molecule has 0 aromatic heterocycles. The van der Waals surface area contributed by atoms with E-state index in [-0.39, 0.29) is 0 Å². The predicted octanol–water partition coefficient (Wildman–Crippen LogP) is 2.34. The lowest BCUT2D eigenvalue weighted by molar-refractivity contribution is 0.0818. The normalized spacial score (nSPS) is 10.2. The minimum atomic E-state index is -2.45. The molecule has 0 aliphatic rings. The molecule has 0 fully saturated rings. The van der Waals surface area contributed by atoms with E-state index in [1.165, 1.54) is 7.11 Å². The zero-order valence-corrected chi connectivity index (χ0v) is 7.17. The van der Waals surface area contributed by atoms with E-state index in [0.717, 1.165) is 0 Å². The molecule has 0 N–H and O–H groups in total. The van der Waals surface area contributed by atoms with Gasteiger partial charge in [-0.2, -0.15) is 0 Å². The zero-order chi connectivity index (χ0) is 9.68. The van der Waals surface area contributed by atoms with Gasteiger partial charge in [0.15, 0.2) is 0 Å². The van der Waals surface area contributed by atoms with Gasteiger partial charge in [-0.15, -0.1) is 0 Å². The van der Waals surface area contributed by atoms with E-state index in [2.05, 4.69) is 0 Å². The third-order valence-electron chi connectivity index (χ3n) is 1.42. The Kier molecular flexibility index (Phi) is 3.49. The van der Waals surface area contributed by atoms with Gasteiger partial charge in [-0.1, -0.05) is 6.07 Å². The number of alkyl halides is 2. The van der Waals surface area contributed by atoms with Crippen LogP contribution in [0, 0.1) is 0 Å². The van der Waals surface area contributed by atoms with Crippen molar-refractivity contribution < 1.29 is 18.3 Å². The number of benzene rings is 1. The summed E-state index contributed by atoms with van der Waals surface area (Å²) in [7, 11) is 1.51. The van der Waals surface area contributed by atoms with Crippen molar-refractivity contribution in [2.75, 3.05) is 13.7 Å². The Hall–Kier alpha value is -1.32. The summed E-state index contributed by atoms with van der Waals surface area (Å²) in [6, 6.07) is 6.56. The van der Waals surface area contributed by atoms with Gasteiger partial charge >= 0.3 is 0 Å². The van der Waals surface area contributed by atoms with Crippen molar-refractivity contribution in [2.24, 2.45) is 0 Å². The Bertz CT molecular complexity index is 264. The van der Waals surface area contributed by atoms with E-state index in [4.69, 9.17) is 9.47 Å². The summed E-state index contributed by atoms with van der Waals surface area (Å²) in [4.78, 5) is 0. The molecule has 0 saturated carbocycles. The maximum absolute atomic E-state index is 11.7. The molecule has 1 aromatic rings. The number of hydrogen-bond donors (Lipinski definition) is 0. The smallest absolute Gasteiger partial charge is 0.272 e. The Morgan fingerprint density at radius 1 is 1.31 bits per heavy atom. The predicted molar refractivity (Wildman–Crippen MR) is 44.5 cm³/mol. The molecule has 0 aliphatic carbocycles. The first kappa shape index (κ1) is 9.77. The standard InChI is InChI=1S/C9H10F2O2/c1-12-7-3-2-4-8(5-7)13-6-9(10)11/h2-5,9H,6H2,1H3. The molecule has 0 radical (unpaired) electrons. The summed E-state index contributed by atoms with van der Waals surface area (Å²) in [5, 5.41) is 0. The van der Waals surface area contributed by atoms with Crippen LogP contribution < -0.4 is 9.47 Å². The van der Waals surface area contributed by atoms with Gasteiger partial charge in [-0.3, -0.25) is 0 Å². The van der Waals surface area contributed by atoms with Crippen molar-refractivity contribution in [3.63, 3.8) is 0 Å². The van der Waals surface area contributed by atoms with Crippen LogP contribution in [0.25, 0.3) is 0 Å². The molecule has 0 heterocycles. The highest BCUT2D eigenvalue weighted by Crippen LogP contribution is 2.19. The quantitative estimate of drug-likeness (QED) is 0.722. The lowest BCUT2D eigenvalue weighted by atomic mass is 10.3. The van der Waals surface area contributed by atoms with Crippen LogP contribution >= 0.6 is 0 Å². The van der Waals surface area contributed by atoms with Crippen LogP contribution in [0.3, 0.4) is 0 Å². The number of rotatable bonds is 4. The molecule has 13 heavy (non-hydrogen) atoms. The third kappa shape index (κ3) is 3.27. The molecular weight excluding hydrogens is 178 g/mol. The number of methoxy groups -OCH3 is 1. The topological polar surface area (TPSA) is 18.5 Å². The maximum atomic E-state index is 11.7. The van der Waals surface area contributed by atoms with Crippen molar-refractivity contribution >= 4 is 0 Å². The van der Waals surface area contributed by atoms with E-state index >= 15 is 0 Å². The molecule has 0 bridgehead atoms. The summed E-state index contributed by atoms with van der Waals surface area (Å²) in [5.41, 5.74) is 0. The Labute approximate surface area is 75.1 Å². The van der Waals surface area contributed by atoms with E-state index in [0.29, 0.717) is 11.5 Å². The Morgan fingerprint density at radius 3 is 2.62 bits per heavy atom. The van der Waals surface area contributed by atoms with Crippen molar-refractivity contribution in [1.82, 2.24) is 0 Å². The second-order valence-corrected chi connectivity index (χ2v) is 2.38. The lowest BCUT2D eigenvalue weighted by Gasteiger charge is -2.06. The highest BCUT2D eigenvalue weighted by molar-refractivity contribution is 5.32. The lowest BCUT2D eigenvalue weighted by Crippen LogP contribution is -2.06. The maximum Gasteiger partial charge on any atom is 0.272 e. The molecule has 0 unspecified atom stereocenters. The van der Waals surface area contributed by atoms with Crippen LogP contribution in [-0.2, 0) is 0 Å². The SMILES string of the molecule is COc1cccc(OCC(F)F)c1. The van der Waals surface area contributed by atoms with Gasteiger partial charge in [0.05, 0.1) is 7.11 Å². The summed E-state index contributed by atoms with van der Waals surface area (Å²) in [6.45, 7) is -0.590. The number of hydrogen-bond acceptors (Lipinski definition) is 2. The molecule has 4 heteroatoms. The number of halogens is 2. The molecule has 0 aliphatic heterocycles. The summed E-state index contributed by atoms with van der Waals surface area (Å²) < 4.78 is 33.2. The summed E-state index contributed by atoms with van der Waals surface area (Å²) in [5.74, 6) is 0.978. The van der Waals surface area contributed by atoms with Crippen LogP contribution in [-0.4, -0.2) is 20.1 Å². The van der Waals surface area contributed by atoms with Gasteiger partial charge in [0.25, 0.3) is 6.43 Å². The highest BCUT2D eigenvalue weighted by atomic mass is 19.3. The zero-order valence-electron chi connectivity index (χ0n) is 7.17. The molecule has 0 spiro atoms. The summed E-state index contributed by atoms with van der Waals surface area (Å²) >= 11 is 0. The molecule has 1 aromatic carbocycles. The van der Waals surface area contributed by atoms with E-state index in [1.807, 2.05) is 0 Å². The molecule has 0 saturated heterocycles. The molecule has 0 amide bonds. The van der Waals surface area contributed by atoms with E-state index in [1.54, 1.807) is 24.3 Å². The molecule has 0 atom stereocenters. The number of ether oxygens (including phenoxy) is 2. The van der Waals surface area contributed by atoms with Crippen molar-refractivity contribution in [3.05, 3.63) is 24.3 Å². The average Bonchev–Trinajstić information content (AvgIpc) is 2.15. The largest absolute Gasteiger partial charge is 0.497 e. The van der Waals surface area contributed by atoms with Gasteiger partial charge in [0.1, 0.15) is 18.1 Å². The van der Waals surface area contributed by atoms with Gasteiger partial charge in [-0.05, 0) is 12.1 Å². The highest BCUT2D eigenvalue weighted by Gasteiger charge is 2.03. The van der Waals surface area contributed by atoms with Crippen molar-refractivity contribution in [2.45, 2.75) is 6.43 Å². The van der Waals surface area contributed by atoms with Crippen molar-refractivity contribution in [3.8, 4) is 11.5 Å². The first-order chi connectivity index (χ1) is 6.22. The van der Waals surface area contributed by atoms with Gasteiger partial charge < -0.3 is 9.47 Å². The van der Waals surface area contributed by atoms with Gasteiger partial charge in [-0.25, -0.2) is 8.78 Å². The van der Waals surface area contributed by atoms with Gasteiger partial charge in [0.2, 0.25) is 0 Å². The van der Waals surface area contributed by atoms with E-state index in [9.17, 15) is 8.78 Å². The molecular formula is C9H10F2O2. The van der Waals surface area contributed by atoms with Gasteiger partial charge in [0, 0.05) is 6.07 Å². The second kappa shape index (κ2) is 4.64. The van der Waals surface area contributed by atoms with Crippen LogP contribution in [0.4, 0.5) is 8.78 Å². The first-order valence-electron chi connectivity index (χ1n) is 3.77. The van der Waals surface area contributed by atoms with Crippen LogP contribution in [0.5, 0.6) is 11.5 Å². The third-order valence-corrected chi connectivity index (χ3v) is 1.42. The average molecular weight is 188 g/mol. The minimum absolute atomic E-state index is 0.389. The first-order valence-corrected chi connectivity index (χ1v) is 3.77. The second-order valence-electron chi connectivity index (χ2n) is 2.38. The fourth-order valence-corrected chi connectivity index (χ4v) is 0.850. The Balaban J connectivity index is 2.56. The fraction of sp³-hybridized carbons (Fsp3) is 0.333. The Morgan fingerprint density at radius 2 is 2.00 bits per heavy atom. The molecule has 72 valence electrons. The van der Waals surface area contributed by atoms with Crippen LogP contribution in [0.2, 0.25) is 0 Å². The monoisotopic (exact) mass is 188 g/mol. The minimum Gasteiger partial charge on any atom is -0.497 e. The van der Waals surface area contributed by atoms with Crippen molar-refractivity contribution in [1.29, 1.82) is 0 Å².